The molecule has 4 heteroatoms. The fourth-order valence-corrected chi connectivity index (χ4v) is 3.07. The minimum Gasteiger partial charge on any atom is -0.427 e. The van der Waals surface area contributed by atoms with Crippen molar-refractivity contribution in [2.24, 2.45) is 0 Å². The van der Waals surface area contributed by atoms with Crippen LogP contribution in [0.4, 0.5) is 0 Å². The molecule has 0 aliphatic carbocycles. The largest absolute Gasteiger partial charge is 0.427 e. The van der Waals surface area contributed by atoms with Gasteiger partial charge in [0.25, 0.3) is 6.47 Å². The molecule has 0 unspecified atom stereocenters. The quantitative estimate of drug-likeness (QED) is 0.523. The van der Waals surface area contributed by atoms with E-state index < -0.39 is 0 Å². The van der Waals surface area contributed by atoms with Crippen LogP contribution in [-0.2, 0) is 4.79 Å². The molecule has 0 radical (unpaired) electrons. The molecule has 0 aliphatic rings. The molecule has 1 heterocycles. The van der Waals surface area contributed by atoms with Gasteiger partial charge < -0.3 is 4.74 Å². The molecule has 0 spiro atoms. The van der Waals surface area contributed by atoms with Gasteiger partial charge in [0, 0.05) is 15.5 Å². The van der Waals surface area contributed by atoms with Gasteiger partial charge in [-0.3, -0.25) is 9.59 Å². The van der Waals surface area contributed by atoms with Gasteiger partial charge in [0.05, 0.1) is 4.70 Å². The number of ether oxygens (including phenoxy) is 1. The summed E-state index contributed by atoms with van der Waals surface area (Å²) in [5, 5.41) is 1.27. The van der Waals surface area contributed by atoms with Crippen molar-refractivity contribution in [1.82, 2.24) is 0 Å². The first-order valence-electron chi connectivity index (χ1n) is 5.36. The predicted octanol–water partition coefficient (Wildman–Crippen LogP) is 2.95. The highest BCUT2D eigenvalue weighted by Crippen LogP contribution is 2.31. The van der Waals surface area contributed by atoms with Crippen LogP contribution >= 0.6 is 11.3 Å². The number of rotatable bonds is 2. The van der Waals surface area contributed by atoms with Crippen LogP contribution in [0.25, 0.3) is 20.2 Å². The van der Waals surface area contributed by atoms with Crippen LogP contribution in [0, 0.1) is 0 Å². The van der Waals surface area contributed by atoms with Gasteiger partial charge in [0.15, 0.2) is 5.43 Å². The van der Waals surface area contributed by atoms with Gasteiger partial charge in [-0.2, -0.15) is 0 Å². The molecule has 0 amide bonds. The third-order valence-corrected chi connectivity index (χ3v) is 3.94. The molecule has 0 aliphatic heterocycles. The second kappa shape index (κ2) is 4.23. The van der Waals surface area contributed by atoms with Crippen molar-refractivity contribution in [3.8, 4) is 5.75 Å². The Kier molecular flexibility index (Phi) is 2.57. The lowest BCUT2D eigenvalue weighted by Crippen LogP contribution is -2.01. The Morgan fingerprint density at radius 1 is 1.00 bits per heavy atom. The lowest BCUT2D eigenvalue weighted by Gasteiger charge is -2.04. The molecule has 0 bridgehead atoms. The van der Waals surface area contributed by atoms with Crippen molar-refractivity contribution >= 4 is 38.0 Å². The van der Waals surface area contributed by atoms with Crippen molar-refractivity contribution in [2.75, 3.05) is 0 Å². The Hall–Kier alpha value is -2.20. The number of carbonyl (C=O) groups is 1. The molecule has 18 heavy (non-hydrogen) atoms. The number of carbonyl (C=O) groups excluding carboxylic acids is 1. The van der Waals surface area contributed by atoms with Crippen molar-refractivity contribution in [3.05, 3.63) is 52.7 Å². The normalized spacial score (nSPS) is 10.7. The fraction of sp³-hybridized carbons (Fsp3) is 0. The molecule has 0 atom stereocenters. The minimum atomic E-state index is -0.0318. The molecule has 3 rings (SSSR count). The van der Waals surface area contributed by atoms with E-state index in [9.17, 15) is 9.59 Å². The first-order chi connectivity index (χ1) is 8.81. The first kappa shape index (κ1) is 10.9. The molecule has 1 aromatic heterocycles. The van der Waals surface area contributed by atoms with Crippen molar-refractivity contribution in [2.45, 2.75) is 0 Å². The van der Waals surface area contributed by atoms with Gasteiger partial charge in [-0.15, -0.1) is 11.3 Å². The number of hydrogen-bond acceptors (Lipinski definition) is 4. The first-order valence-corrected chi connectivity index (χ1v) is 6.18. The van der Waals surface area contributed by atoms with E-state index in [4.69, 9.17) is 4.74 Å². The van der Waals surface area contributed by atoms with Crippen molar-refractivity contribution < 1.29 is 9.53 Å². The van der Waals surface area contributed by atoms with Crippen LogP contribution in [0.3, 0.4) is 0 Å². The number of benzene rings is 2. The molecule has 0 saturated heterocycles. The summed E-state index contributed by atoms with van der Waals surface area (Å²) in [6, 6.07) is 12.6. The van der Waals surface area contributed by atoms with Gasteiger partial charge >= 0.3 is 0 Å². The average molecular weight is 256 g/mol. The zero-order valence-electron chi connectivity index (χ0n) is 9.25. The molecular formula is C14H8O3S. The maximum atomic E-state index is 12.3. The molecule has 0 N–H and O–H groups in total. The molecule has 2 aromatic carbocycles. The van der Waals surface area contributed by atoms with Gasteiger partial charge in [0.1, 0.15) is 5.75 Å². The van der Waals surface area contributed by atoms with Crippen LogP contribution in [0.2, 0.25) is 0 Å². The highest BCUT2D eigenvalue weighted by atomic mass is 32.1. The summed E-state index contributed by atoms with van der Waals surface area (Å²) in [7, 11) is 0. The summed E-state index contributed by atoms with van der Waals surface area (Å²) < 4.78 is 6.50. The second-order valence-corrected chi connectivity index (χ2v) is 4.83. The summed E-state index contributed by atoms with van der Waals surface area (Å²) in [6.45, 7) is 0.376. The standard InChI is InChI=1S/C14H8O3S/c15-8-17-11-6-3-5-10-13(16)9-4-1-2-7-12(9)18-14(10)11/h1-8H. The van der Waals surface area contributed by atoms with Gasteiger partial charge in [-0.25, -0.2) is 0 Å². The van der Waals surface area contributed by atoms with E-state index >= 15 is 0 Å². The fourth-order valence-electron chi connectivity index (χ4n) is 1.94. The van der Waals surface area contributed by atoms with Crippen LogP contribution in [-0.4, -0.2) is 6.47 Å². The number of fused-ring (bicyclic) bond motifs is 2. The van der Waals surface area contributed by atoms with Crippen molar-refractivity contribution in [3.63, 3.8) is 0 Å². The van der Waals surface area contributed by atoms with E-state index in [1.807, 2.05) is 18.2 Å². The zero-order valence-corrected chi connectivity index (χ0v) is 10.1. The van der Waals surface area contributed by atoms with E-state index in [0.29, 0.717) is 27.7 Å². The van der Waals surface area contributed by atoms with Crippen LogP contribution < -0.4 is 10.2 Å². The molecule has 88 valence electrons. The highest BCUT2D eigenvalue weighted by molar-refractivity contribution is 7.24. The Bertz CT molecular complexity index is 805. The molecule has 3 aromatic rings. The van der Waals surface area contributed by atoms with Gasteiger partial charge in [0.2, 0.25) is 0 Å². The molecule has 3 nitrogen and oxygen atoms in total. The van der Waals surface area contributed by atoms with Gasteiger partial charge in [-0.05, 0) is 24.3 Å². The van der Waals surface area contributed by atoms with Crippen LogP contribution in [0.15, 0.2) is 47.3 Å². The summed E-state index contributed by atoms with van der Waals surface area (Å²) >= 11 is 1.45. The monoisotopic (exact) mass is 256 g/mol. The maximum Gasteiger partial charge on any atom is 0.298 e. The summed E-state index contributed by atoms with van der Waals surface area (Å²) in [5.74, 6) is 0.426. The van der Waals surface area contributed by atoms with Gasteiger partial charge in [-0.1, -0.05) is 18.2 Å². The van der Waals surface area contributed by atoms with E-state index in [0.717, 1.165) is 4.70 Å². The Balaban J connectivity index is 2.51. The summed E-state index contributed by atoms with van der Waals surface area (Å²) in [6.07, 6.45) is 0. The molecule has 0 saturated carbocycles. The molecule has 0 fully saturated rings. The predicted molar refractivity (Wildman–Crippen MR) is 72.3 cm³/mol. The van der Waals surface area contributed by atoms with Crippen molar-refractivity contribution in [1.29, 1.82) is 0 Å². The highest BCUT2D eigenvalue weighted by Gasteiger charge is 2.09. The van der Waals surface area contributed by atoms with Crippen LogP contribution in [0.5, 0.6) is 5.75 Å². The smallest absolute Gasteiger partial charge is 0.298 e. The SMILES string of the molecule is O=COc1cccc2c(=O)c3ccccc3sc12. The van der Waals surface area contributed by atoms with E-state index in [1.165, 1.54) is 11.3 Å². The lowest BCUT2D eigenvalue weighted by atomic mass is 10.2. The van der Waals surface area contributed by atoms with E-state index in [2.05, 4.69) is 0 Å². The zero-order chi connectivity index (χ0) is 12.5. The van der Waals surface area contributed by atoms with E-state index in [-0.39, 0.29) is 5.43 Å². The average Bonchev–Trinajstić information content (AvgIpc) is 2.40. The Morgan fingerprint density at radius 3 is 2.61 bits per heavy atom. The third-order valence-electron chi connectivity index (χ3n) is 2.74. The Morgan fingerprint density at radius 2 is 1.78 bits per heavy atom. The van der Waals surface area contributed by atoms with Crippen LogP contribution in [0.1, 0.15) is 0 Å². The maximum absolute atomic E-state index is 12.3. The lowest BCUT2D eigenvalue weighted by molar-refractivity contribution is -0.120. The molecular weight excluding hydrogens is 248 g/mol. The number of hydrogen-bond donors (Lipinski definition) is 0. The topological polar surface area (TPSA) is 43.4 Å². The summed E-state index contributed by atoms with van der Waals surface area (Å²) in [5.41, 5.74) is -0.0318. The summed E-state index contributed by atoms with van der Waals surface area (Å²) in [4.78, 5) is 22.8. The third kappa shape index (κ3) is 1.58. The Labute approximate surface area is 106 Å². The minimum absolute atomic E-state index is 0.0318. The second-order valence-electron chi connectivity index (χ2n) is 3.77. The van der Waals surface area contributed by atoms with E-state index in [1.54, 1.807) is 24.3 Å².